The topological polar surface area (TPSA) is 48.2 Å². The van der Waals surface area contributed by atoms with Crippen molar-refractivity contribution in [2.24, 2.45) is 0 Å². The van der Waals surface area contributed by atoms with Crippen molar-refractivity contribution in [2.45, 2.75) is 30.7 Å². The van der Waals surface area contributed by atoms with Crippen LogP contribution in [0.5, 0.6) is 0 Å². The molecule has 0 radical (unpaired) electrons. The van der Waals surface area contributed by atoms with Gasteiger partial charge in [-0.25, -0.2) is 0 Å². The van der Waals surface area contributed by atoms with Crippen LogP contribution in [0.15, 0.2) is 34.7 Å². The number of benzene rings is 1. The van der Waals surface area contributed by atoms with Gasteiger partial charge in [-0.3, -0.25) is 0 Å². The third-order valence-electron chi connectivity index (χ3n) is 3.22. The quantitative estimate of drug-likeness (QED) is 0.806. The maximum Gasteiger partial charge on any atom is 0.238 e. The molecule has 1 fully saturated rings. The number of halogens is 1. The Kier molecular flexibility index (Phi) is 3.80. The molecule has 2 aromatic rings. The first-order chi connectivity index (χ1) is 9.33. The molecule has 1 aromatic carbocycles. The standard InChI is InChI=1S/C14H15ClN2O2/c15-13(10-5-2-1-3-6-10)14-17-16-12(19-14)9-11-7-4-8-18-11/h1-3,5-6,11,13H,4,7-9H2. The van der Waals surface area contributed by atoms with Crippen LogP contribution in [0, 0.1) is 0 Å². The Labute approximate surface area is 116 Å². The van der Waals surface area contributed by atoms with Crippen LogP contribution in [-0.4, -0.2) is 22.9 Å². The highest BCUT2D eigenvalue weighted by molar-refractivity contribution is 6.22. The molecule has 0 saturated carbocycles. The molecule has 19 heavy (non-hydrogen) atoms. The predicted octanol–water partition coefficient (Wildman–Crippen LogP) is 3.12. The van der Waals surface area contributed by atoms with Gasteiger partial charge < -0.3 is 9.15 Å². The van der Waals surface area contributed by atoms with Crippen molar-refractivity contribution >= 4 is 11.6 Å². The van der Waals surface area contributed by atoms with E-state index in [0.29, 0.717) is 18.2 Å². The van der Waals surface area contributed by atoms with Gasteiger partial charge in [-0.1, -0.05) is 30.3 Å². The summed E-state index contributed by atoms with van der Waals surface area (Å²) < 4.78 is 11.2. The Hall–Kier alpha value is -1.39. The fourth-order valence-corrected chi connectivity index (χ4v) is 2.45. The van der Waals surface area contributed by atoms with Crippen LogP contribution >= 0.6 is 11.6 Å². The maximum absolute atomic E-state index is 6.33. The van der Waals surface area contributed by atoms with Gasteiger partial charge in [0, 0.05) is 6.61 Å². The predicted molar refractivity (Wildman–Crippen MR) is 71.1 cm³/mol. The summed E-state index contributed by atoms with van der Waals surface area (Å²) in [5.41, 5.74) is 0.955. The van der Waals surface area contributed by atoms with Gasteiger partial charge in [-0.2, -0.15) is 0 Å². The summed E-state index contributed by atoms with van der Waals surface area (Å²) in [7, 11) is 0. The monoisotopic (exact) mass is 278 g/mol. The SMILES string of the molecule is ClC(c1ccccc1)c1nnc(CC2CCCO2)o1. The van der Waals surface area contributed by atoms with Crippen LogP contribution in [0.4, 0.5) is 0 Å². The Morgan fingerprint density at radius 2 is 2.11 bits per heavy atom. The molecule has 1 aliphatic heterocycles. The van der Waals surface area contributed by atoms with E-state index in [1.807, 2.05) is 30.3 Å². The second-order valence-corrected chi connectivity index (χ2v) is 5.08. The van der Waals surface area contributed by atoms with Gasteiger partial charge in [-0.15, -0.1) is 21.8 Å². The zero-order chi connectivity index (χ0) is 13.1. The molecule has 2 unspecified atom stereocenters. The number of alkyl halides is 1. The Morgan fingerprint density at radius 1 is 1.26 bits per heavy atom. The summed E-state index contributed by atoms with van der Waals surface area (Å²) in [6.45, 7) is 0.827. The van der Waals surface area contributed by atoms with Crippen molar-refractivity contribution in [3.8, 4) is 0 Å². The van der Waals surface area contributed by atoms with Crippen LogP contribution in [0.1, 0.15) is 35.6 Å². The number of hydrogen-bond acceptors (Lipinski definition) is 4. The fraction of sp³-hybridized carbons (Fsp3) is 0.429. The van der Waals surface area contributed by atoms with E-state index < -0.39 is 5.38 Å². The first kappa shape index (κ1) is 12.6. The molecule has 1 aliphatic rings. The Morgan fingerprint density at radius 3 is 2.84 bits per heavy atom. The van der Waals surface area contributed by atoms with E-state index >= 15 is 0 Å². The summed E-state index contributed by atoms with van der Waals surface area (Å²) in [5, 5.41) is 7.68. The van der Waals surface area contributed by atoms with Crippen molar-refractivity contribution in [3.05, 3.63) is 47.7 Å². The molecule has 4 nitrogen and oxygen atoms in total. The molecule has 0 N–H and O–H groups in total. The molecule has 2 heterocycles. The normalized spacial score (nSPS) is 20.6. The molecular weight excluding hydrogens is 264 g/mol. The van der Waals surface area contributed by atoms with Crippen LogP contribution in [0.25, 0.3) is 0 Å². The first-order valence-corrected chi connectivity index (χ1v) is 6.89. The summed E-state index contributed by atoms with van der Waals surface area (Å²) in [5.74, 6) is 1.05. The molecule has 0 aliphatic carbocycles. The van der Waals surface area contributed by atoms with E-state index in [9.17, 15) is 0 Å². The minimum atomic E-state index is -0.396. The molecule has 0 amide bonds. The molecule has 5 heteroatoms. The van der Waals surface area contributed by atoms with Crippen molar-refractivity contribution in [1.29, 1.82) is 0 Å². The van der Waals surface area contributed by atoms with Gasteiger partial charge in [0.2, 0.25) is 11.8 Å². The maximum atomic E-state index is 6.33. The van der Waals surface area contributed by atoms with Gasteiger partial charge in [0.25, 0.3) is 0 Å². The molecule has 0 bridgehead atoms. The lowest BCUT2D eigenvalue weighted by Crippen LogP contribution is -2.08. The smallest absolute Gasteiger partial charge is 0.238 e. The molecule has 3 rings (SSSR count). The summed E-state index contributed by atoms with van der Waals surface area (Å²) in [4.78, 5) is 0. The molecule has 1 aromatic heterocycles. The molecule has 2 atom stereocenters. The zero-order valence-electron chi connectivity index (χ0n) is 10.5. The number of hydrogen-bond donors (Lipinski definition) is 0. The van der Waals surface area contributed by atoms with Gasteiger partial charge in [-0.05, 0) is 18.4 Å². The van der Waals surface area contributed by atoms with Crippen molar-refractivity contribution in [2.75, 3.05) is 6.61 Å². The Balaban J connectivity index is 1.70. The van der Waals surface area contributed by atoms with Crippen molar-refractivity contribution in [1.82, 2.24) is 10.2 Å². The lowest BCUT2D eigenvalue weighted by atomic mass is 10.1. The van der Waals surface area contributed by atoms with E-state index in [2.05, 4.69) is 10.2 Å². The van der Waals surface area contributed by atoms with E-state index in [1.54, 1.807) is 0 Å². The fourth-order valence-electron chi connectivity index (χ4n) is 2.22. The average Bonchev–Trinajstić information content (AvgIpc) is 3.11. The van der Waals surface area contributed by atoms with Gasteiger partial charge in [0.15, 0.2) is 0 Å². The van der Waals surface area contributed by atoms with Crippen LogP contribution in [-0.2, 0) is 11.2 Å². The number of rotatable bonds is 4. The molecule has 100 valence electrons. The third kappa shape index (κ3) is 2.96. The highest BCUT2D eigenvalue weighted by Gasteiger charge is 2.22. The molecule has 1 saturated heterocycles. The Bertz CT molecular complexity index is 523. The van der Waals surface area contributed by atoms with Gasteiger partial charge in [0.05, 0.1) is 12.5 Å². The van der Waals surface area contributed by atoms with Crippen molar-refractivity contribution in [3.63, 3.8) is 0 Å². The largest absolute Gasteiger partial charge is 0.423 e. The van der Waals surface area contributed by atoms with Crippen LogP contribution < -0.4 is 0 Å². The summed E-state index contributed by atoms with van der Waals surface area (Å²) >= 11 is 6.33. The lowest BCUT2D eigenvalue weighted by molar-refractivity contribution is 0.105. The van der Waals surface area contributed by atoms with E-state index in [0.717, 1.165) is 25.0 Å². The average molecular weight is 279 g/mol. The van der Waals surface area contributed by atoms with Crippen LogP contribution in [0.2, 0.25) is 0 Å². The minimum Gasteiger partial charge on any atom is -0.423 e. The van der Waals surface area contributed by atoms with Gasteiger partial charge in [0.1, 0.15) is 5.38 Å². The van der Waals surface area contributed by atoms with Gasteiger partial charge >= 0.3 is 0 Å². The third-order valence-corrected chi connectivity index (χ3v) is 3.66. The molecule has 0 spiro atoms. The first-order valence-electron chi connectivity index (χ1n) is 6.46. The number of aromatic nitrogens is 2. The highest BCUT2D eigenvalue weighted by atomic mass is 35.5. The lowest BCUT2D eigenvalue weighted by Gasteiger charge is -2.05. The zero-order valence-corrected chi connectivity index (χ0v) is 11.2. The highest BCUT2D eigenvalue weighted by Crippen LogP contribution is 2.28. The summed E-state index contributed by atoms with van der Waals surface area (Å²) in [6, 6.07) is 9.72. The van der Waals surface area contributed by atoms with E-state index in [-0.39, 0.29) is 6.10 Å². The number of nitrogens with zero attached hydrogens (tertiary/aromatic N) is 2. The van der Waals surface area contributed by atoms with Crippen molar-refractivity contribution < 1.29 is 9.15 Å². The minimum absolute atomic E-state index is 0.207. The second kappa shape index (κ2) is 5.72. The second-order valence-electron chi connectivity index (χ2n) is 4.65. The van der Waals surface area contributed by atoms with E-state index in [1.165, 1.54) is 0 Å². The molecular formula is C14H15ClN2O2. The van der Waals surface area contributed by atoms with E-state index in [4.69, 9.17) is 20.8 Å². The van der Waals surface area contributed by atoms with Crippen LogP contribution in [0.3, 0.4) is 0 Å². The summed E-state index contributed by atoms with van der Waals surface area (Å²) in [6.07, 6.45) is 3.04. The number of ether oxygens (including phenoxy) is 1.